The third-order valence-corrected chi connectivity index (χ3v) is 2.82. The molecule has 16 heavy (non-hydrogen) atoms. The van der Waals surface area contributed by atoms with Gasteiger partial charge in [-0.05, 0) is 37.5 Å². The van der Waals surface area contributed by atoms with Gasteiger partial charge in [-0.2, -0.15) is 0 Å². The monoisotopic (exact) mass is 241 g/mol. The maximum absolute atomic E-state index is 6.13. The zero-order valence-corrected chi connectivity index (χ0v) is 11.4. The van der Waals surface area contributed by atoms with Crippen LogP contribution >= 0.6 is 11.6 Å². The van der Waals surface area contributed by atoms with Gasteiger partial charge in [0.1, 0.15) is 5.75 Å². The summed E-state index contributed by atoms with van der Waals surface area (Å²) in [5.41, 5.74) is 7.72. The van der Waals surface area contributed by atoms with E-state index in [0.29, 0.717) is 10.9 Å². The van der Waals surface area contributed by atoms with Crippen molar-refractivity contribution in [2.75, 3.05) is 7.11 Å². The number of hydrogen-bond donors (Lipinski definition) is 1. The van der Waals surface area contributed by atoms with E-state index in [0.717, 1.165) is 16.9 Å². The van der Waals surface area contributed by atoms with E-state index in [4.69, 9.17) is 22.1 Å². The van der Waals surface area contributed by atoms with Crippen LogP contribution in [0.15, 0.2) is 12.1 Å². The summed E-state index contributed by atoms with van der Waals surface area (Å²) in [4.78, 5) is 0. The van der Waals surface area contributed by atoms with E-state index in [1.165, 1.54) is 0 Å². The van der Waals surface area contributed by atoms with Gasteiger partial charge in [-0.25, -0.2) is 0 Å². The van der Waals surface area contributed by atoms with Gasteiger partial charge in [0.15, 0.2) is 0 Å². The molecule has 0 saturated heterocycles. The summed E-state index contributed by atoms with van der Waals surface area (Å²) in [5, 5.41) is 0.707. The van der Waals surface area contributed by atoms with Crippen molar-refractivity contribution in [1.29, 1.82) is 0 Å². The number of ether oxygens (including phenoxy) is 1. The van der Waals surface area contributed by atoms with Crippen LogP contribution in [0.3, 0.4) is 0 Å². The van der Waals surface area contributed by atoms with Crippen molar-refractivity contribution in [3.63, 3.8) is 0 Å². The smallest absolute Gasteiger partial charge is 0.127 e. The van der Waals surface area contributed by atoms with Gasteiger partial charge in [0.25, 0.3) is 0 Å². The minimum absolute atomic E-state index is 0.356. The van der Waals surface area contributed by atoms with E-state index >= 15 is 0 Å². The molecule has 0 aliphatic heterocycles. The van der Waals surface area contributed by atoms with Gasteiger partial charge in [0.2, 0.25) is 0 Å². The fourth-order valence-electron chi connectivity index (χ4n) is 1.75. The Bertz CT molecular complexity index is 380. The molecule has 0 aliphatic rings. The molecule has 1 aromatic rings. The topological polar surface area (TPSA) is 35.2 Å². The first-order valence-electron chi connectivity index (χ1n) is 5.44. The lowest BCUT2D eigenvalue weighted by molar-refractivity contribution is 0.387. The largest absolute Gasteiger partial charge is 0.496 e. The molecule has 90 valence electrons. The first-order valence-corrected chi connectivity index (χ1v) is 5.82. The number of methoxy groups -OCH3 is 1. The van der Waals surface area contributed by atoms with Crippen LogP contribution in [0.4, 0.5) is 0 Å². The standard InChI is InChI=1S/C13H20ClNO/c1-8(2)10-6-9(14)7-11(12(10)16-5)13(3,4)15/h6-8H,15H2,1-5H3. The summed E-state index contributed by atoms with van der Waals surface area (Å²) < 4.78 is 5.48. The van der Waals surface area contributed by atoms with Crippen LogP contribution in [0.25, 0.3) is 0 Å². The van der Waals surface area contributed by atoms with Crippen LogP contribution in [0.1, 0.15) is 44.7 Å². The summed E-state index contributed by atoms with van der Waals surface area (Å²) in [6.07, 6.45) is 0. The normalized spacial score (nSPS) is 12.0. The Balaban J connectivity index is 3.49. The van der Waals surface area contributed by atoms with Crippen molar-refractivity contribution in [3.8, 4) is 5.75 Å². The van der Waals surface area contributed by atoms with Gasteiger partial charge >= 0.3 is 0 Å². The number of benzene rings is 1. The average Bonchev–Trinajstić information content (AvgIpc) is 2.14. The van der Waals surface area contributed by atoms with Gasteiger partial charge in [-0.3, -0.25) is 0 Å². The zero-order valence-electron chi connectivity index (χ0n) is 10.6. The molecule has 3 heteroatoms. The summed E-state index contributed by atoms with van der Waals surface area (Å²) in [6, 6.07) is 3.83. The second kappa shape index (κ2) is 4.64. The van der Waals surface area contributed by atoms with Crippen molar-refractivity contribution >= 4 is 11.6 Å². The molecule has 0 unspecified atom stereocenters. The molecule has 0 bridgehead atoms. The highest BCUT2D eigenvalue weighted by molar-refractivity contribution is 6.30. The van der Waals surface area contributed by atoms with Gasteiger partial charge in [-0.1, -0.05) is 25.4 Å². The van der Waals surface area contributed by atoms with Gasteiger partial charge in [0, 0.05) is 16.1 Å². The number of rotatable bonds is 3. The fourth-order valence-corrected chi connectivity index (χ4v) is 1.98. The highest BCUT2D eigenvalue weighted by atomic mass is 35.5. The van der Waals surface area contributed by atoms with Crippen molar-refractivity contribution in [1.82, 2.24) is 0 Å². The molecule has 0 saturated carbocycles. The molecule has 0 aliphatic carbocycles. The maximum atomic E-state index is 6.13. The van der Waals surface area contributed by atoms with Crippen LogP contribution in [0.2, 0.25) is 5.02 Å². The van der Waals surface area contributed by atoms with E-state index in [1.54, 1.807) is 7.11 Å². The Morgan fingerprint density at radius 1 is 1.31 bits per heavy atom. The second-order valence-corrected chi connectivity index (χ2v) is 5.39. The van der Waals surface area contributed by atoms with Crippen molar-refractivity contribution in [3.05, 3.63) is 28.3 Å². The highest BCUT2D eigenvalue weighted by Gasteiger charge is 2.23. The Kier molecular flexibility index (Phi) is 3.87. The number of halogens is 1. The molecule has 2 nitrogen and oxygen atoms in total. The van der Waals surface area contributed by atoms with Crippen LogP contribution in [0, 0.1) is 0 Å². The predicted octanol–water partition coefficient (Wildman–Crippen LogP) is 3.67. The summed E-state index contributed by atoms with van der Waals surface area (Å²) >= 11 is 6.12. The lowest BCUT2D eigenvalue weighted by Gasteiger charge is -2.25. The Hall–Kier alpha value is -0.730. The van der Waals surface area contributed by atoms with Crippen LogP contribution in [-0.4, -0.2) is 7.11 Å². The molecule has 0 radical (unpaired) electrons. The molecule has 1 aromatic carbocycles. The first kappa shape index (κ1) is 13.3. The minimum Gasteiger partial charge on any atom is -0.496 e. The molecular weight excluding hydrogens is 222 g/mol. The third-order valence-electron chi connectivity index (χ3n) is 2.60. The van der Waals surface area contributed by atoms with E-state index in [1.807, 2.05) is 26.0 Å². The van der Waals surface area contributed by atoms with Gasteiger partial charge in [-0.15, -0.1) is 0 Å². The second-order valence-electron chi connectivity index (χ2n) is 4.95. The lowest BCUT2D eigenvalue weighted by Crippen LogP contribution is -2.29. The van der Waals surface area contributed by atoms with Crippen molar-refractivity contribution < 1.29 is 4.74 Å². The van der Waals surface area contributed by atoms with Crippen LogP contribution in [0.5, 0.6) is 5.75 Å². The quantitative estimate of drug-likeness (QED) is 0.877. The maximum Gasteiger partial charge on any atom is 0.127 e. The van der Waals surface area contributed by atoms with E-state index in [-0.39, 0.29) is 0 Å². The zero-order chi connectivity index (χ0) is 12.5. The summed E-state index contributed by atoms with van der Waals surface area (Å²) in [7, 11) is 1.67. The summed E-state index contributed by atoms with van der Waals surface area (Å²) in [6.45, 7) is 8.12. The van der Waals surface area contributed by atoms with Gasteiger partial charge in [0.05, 0.1) is 7.11 Å². The molecule has 1 rings (SSSR count). The van der Waals surface area contributed by atoms with Crippen molar-refractivity contribution in [2.24, 2.45) is 5.73 Å². The molecule has 0 atom stereocenters. The minimum atomic E-state index is -0.458. The molecule has 0 aromatic heterocycles. The van der Waals surface area contributed by atoms with E-state index in [2.05, 4.69) is 13.8 Å². The first-order chi connectivity index (χ1) is 7.27. The molecule has 0 spiro atoms. The Morgan fingerprint density at radius 3 is 2.25 bits per heavy atom. The van der Waals surface area contributed by atoms with Gasteiger partial charge < -0.3 is 10.5 Å². The molecule has 2 N–H and O–H groups in total. The predicted molar refractivity (Wildman–Crippen MR) is 69.3 cm³/mol. The number of nitrogens with two attached hydrogens (primary N) is 1. The molecular formula is C13H20ClNO. The molecule has 0 amide bonds. The summed E-state index contributed by atoms with van der Waals surface area (Å²) in [5.74, 6) is 1.21. The van der Waals surface area contributed by atoms with Crippen molar-refractivity contribution in [2.45, 2.75) is 39.2 Å². The Morgan fingerprint density at radius 2 is 1.88 bits per heavy atom. The number of hydrogen-bond acceptors (Lipinski definition) is 2. The fraction of sp³-hybridized carbons (Fsp3) is 0.538. The highest BCUT2D eigenvalue weighted by Crippen LogP contribution is 2.37. The SMILES string of the molecule is COc1c(C(C)C)cc(Cl)cc1C(C)(C)N. The molecule has 0 heterocycles. The lowest BCUT2D eigenvalue weighted by atomic mass is 9.89. The Labute approximate surface area is 103 Å². The molecule has 0 fully saturated rings. The van der Waals surface area contributed by atoms with Crippen LogP contribution < -0.4 is 10.5 Å². The van der Waals surface area contributed by atoms with E-state index in [9.17, 15) is 0 Å². The average molecular weight is 242 g/mol. The third kappa shape index (κ3) is 2.69. The van der Waals surface area contributed by atoms with E-state index < -0.39 is 5.54 Å². The van der Waals surface area contributed by atoms with Crippen LogP contribution in [-0.2, 0) is 5.54 Å².